The van der Waals surface area contributed by atoms with Gasteiger partial charge in [0, 0.05) is 31.8 Å². The molecule has 2 saturated heterocycles. The third-order valence-electron chi connectivity index (χ3n) is 4.55. The van der Waals surface area contributed by atoms with Gasteiger partial charge in [0.15, 0.2) is 0 Å². The van der Waals surface area contributed by atoms with Crippen molar-refractivity contribution in [2.45, 2.75) is 64.1 Å². The number of piperidine rings is 1. The van der Waals surface area contributed by atoms with Crippen molar-refractivity contribution in [2.24, 2.45) is 11.7 Å². The van der Waals surface area contributed by atoms with Crippen molar-refractivity contribution >= 4 is 0 Å². The van der Waals surface area contributed by atoms with E-state index < -0.39 is 0 Å². The Hall–Kier alpha value is -0.120. The number of hydrogen-bond acceptors (Lipinski definition) is 3. The van der Waals surface area contributed by atoms with Crippen LogP contribution >= 0.6 is 0 Å². The van der Waals surface area contributed by atoms with Crippen molar-refractivity contribution in [3.8, 4) is 0 Å². The number of hydrogen-bond donors (Lipinski definition) is 1. The molecule has 2 heterocycles. The second kappa shape index (κ2) is 5.25. The molecule has 4 unspecified atom stereocenters. The molecule has 0 bridgehead atoms. The summed E-state index contributed by atoms with van der Waals surface area (Å²) < 4.78 is 5.93. The van der Waals surface area contributed by atoms with Gasteiger partial charge in [0.25, 0.3) is 0 Å². The highest BCUT2D eigenvalue weighted by molar-refractivity contribution is 4.90. The molecule has 4 atom stereocenters. The monoisotopic (exact) mass is 240 g/mol. The van der Waals surface area contributed by atoms with Gasteiger partial charge in [-0.15, -0.1) is 0 Å². The predicted molar refractivity (Wildman–Crippen MR) is 71.0 cm³/mol. The van der Waals surface area contributed by atoms with E-state index in [1.54, 1.807) is 0 Å². The molecule has 0 spiro atoms. The summed E-state index contributed by atoms with van der Waals surface area (Å²) in [5, 5.41) is 0. The molecule has 0 saturated carbocycles. The summed E-state index contributed by atoms with van der Waals surface area (Å²) in [5.74, 6) is 0.745. The number of likely N-dealkylation sites (tertiary alicyclic amines) is 1. The molecule has 0 aliphatic carbocycles. The Morgan fingerprint density at radius 1 is 1.41 bits per heavy atom. The molecule has 2 aliphatic rings. The fourth-order valence-electron chi connectivity index (χ4n) is 3.40. The molecule has 0 radical (unpaired) electrons. The minimum atomic E-state index is 0.0910. The van der Waals surface area contributed by atoms with Crippen LogP contribution < -0.4 is 5.73 Å². The molecule has 0 aromatic heterocycles. The molecular formula is C14H28N2O. The standard InChI is InChI=1S/C14H28N2O/c1-4-14(3)8-13(5-6-17-14)16-9-11(2)7-12(15)10-16/h11-13H,4-10,15H2,1-3H3. The Bertz CT molecular complexity index is 249. The first-order valence-electron chi connectivity index (χ1n) is 7.16. The first-order valence-corrected chi connectivity index (χ1v) is 7.16. The summed E-state index contributed by atoms with van der Waals surface area (Å²) in [7, 11) is 0. The van der Waals surface area contributed by atoms with Gasteiger partial charge in [-0.1, -0.05) is 13.8 Å². The normalized spacial score (nSPS) is 44.8. The van der Waals surface area contributed by atoms with Crippen LogP contribution in [0.3, 0.4) is 0 Å². The van der Waals surface area contributed by atoms with Crippen molar-refractivity contribution in [1.82, 2.24) is 4.90 Å². The maximum absolute atomic E-state index is 6.15. The first-order chi connectivity index (χ1) is 8.02. The largest absolute Gasteiger partial charge is 0.375 e. The molecule has 0 amide bonds. The smallest absolute Gasteiger partial charge is 0.0666 e. The summed E-state index contributed by atoms with van der Waals surface area (Å²) >= 11 is 0. The minimum Gasteiger partial charge on any atom is -0.375 e. The van der Waals surface area contributed by atoms with E-state index >= 15 is 0 Å². The van der Waals surface area contributed by atoms with Crippen LogP contribution in [0.15, 0.2) is 0 Å². The topological polar surface area (TPSA) is 38.5 Å². The highest BCUT2D eigenvalue weighted by atomic mass is 16.5. The summed E-state index contributed by atoms with van der Waals surface area (Å²) in [6.45, 7) is 10.0. The second-order valence-corrected chi connectivity index (χ2v) is 6.35. The number of ether oxygens (including phenoxy) is 1. The van der Waals surface area contributed by atoms with Crippen molar-refractivity contribution in [1.29, 1.82) is 0 Å². The van der Waals surface area contributed by atoms with Gasteiger partial charge in [0.05, 0.1) is 5.60 Å². The van der Waals surface area contributed by atoms with Gasteiger partial charge >= 0.3 is 0 Å². The quantitative estimate of drug-likeness (QED) is 0.802. The van der Waals surface area contributed by atoms with Crippen LogP contribution in [0.4, 0.5) is 0 Å². The van der Waals surface area contributed by atoms with Crippen molar-refractivity contribution in [3.05, 3.63) is 0 Å². The molecule has 2 aliphatic heterocycles. The lowest BCUT2D eigenvalue weighted by atomic mass is 9.86. The Balaban J connectivity index is 1.97. The summed E-state index contributed by atoms with van der Waals surface area (Å²) in [5.41, 5.74) is 6.24. The lowest BCUT2D eigenvalue weighted by Gasteiger charge is -2.46. The Labute approximate surface area is 106 Å². The summed E-state index contributed by atoms with van der Waals surface area (Å²) in [6, 6.07) is 1.05. The number of nitrogens with two attached hydrogens (primary N) is 1. The maximum atomic E-state index is 6.15. The highest BCUT2D eigenvalue weighted by Gasteiger charge is 2.36. The molecule has 0 aromatic carbocycles. The van der Waals surface area contributed by atoms with E-state index in [0.717, 1.165) is 25.5 Å². The lowest BCUT2D eigenvalue weighted by molar-refractivity contribution is -0.101. The molecule has 0 aromatic rings. The number of rotatable bonds is 2. The fraction of sp³-hybridized carbons (Fsp3) is 1.00. The third-order valence-corrected chi connectivity index (χ3v) is 4.55. The van der Waals surface area contributed by atoms with Gasteiger partial charge in [0.2, 0.25) is 0 Å². The zero-order valence-corrected chi connectivity index (χ0v) is 11.6. The molecule has 3 heteroatoms. The van der Waals surface area contributed by atoms with Crippen LogP contribution in [-0.4, -0.2) is 42.3 Å². The zero-order chi connectivity index (χ0) is 12.5. The first kappa shape index (κ1) is 13.3. The van der Waals surface area contributed by atoms with E-state index in [1.165, 1.54) is 25.8 Å². The molecule has 3 nitrogen and oxygen atoms in total. The lowest BCUT2D eigenvalue weighted by Crippen LogP contribution is -2.54. The van der Waals surface area contributed by atoms with Crippen molar-refractivity contribution in [2.75, 3.05) is 19.7 Å². The summed E-state index contributed by atoms with van der Waals surface area (Å²) in [6.07, 6.45) is 4.64. The van der Waals surface area contributed by atoms with Gasteiger partial charge in [-0.2, -0.15) is 0 Å². The second-order valence-electron chi connectivity index (χ2n) is 6.35. The molecule has 2 rings (SSSR count). The molecule has 100 valence electrons. The van der Waals surface area contributed by atoms with Gasteiger partial charge in [0.1, 0.15) is 0 Å². The maximum Gasteiger partial charge on any atom is 0.0666 e. The van der Waals surface area contributed by atoms with Crippen LogP contribution in [-0.2, 0) is 4.74 Å². The SMILES string of the molecule is CCC1(C)CC(N2CC(C)CC(N)C2)CCO1. The van der Waals surface area contributed by atoms with E-state index in [-0.39, 0.29) is 5.60 Å². The van der Waals surface area contributed by atoms with E-state index in [9.17, 15) is 0 Å². The van der Waals surface area contributed by atoms with Crippen LogP contribution in [0.5, 0.6) is 0 Å². The van der Waals surface area contributed by atoms with E-state index in [0.29, 0.717) is 12.1 Å². The van der Waals surface area contributed by atoms with Crippen LogP contribution in [0.1, 0.15) is 46.5 Å². The number of nitrogens with zero attached hydrogens (tertiary/aromatic N) is 1. The van der Waals surface area contributed by atoms with Gasteiger partial charge < -0.3 is 10.5 Å². The molecular weight excluding hydrogens is 212 g/mol. The Morgan fingerprint density at radius 2 is 2.18 bits per heavy atom. The average molecular weight is 240 g/mol. The van der Waals surface area contributed by atoms with E-state index in [2.05, 4.69) is 25.7 Å². The van der Waals surface area contributed by atoms with Gasteiger partial charge in [-0.05, 0) is 38.5 Å². The summed E-state index contributed by atoms with van der Waals surface area (Å²) in [4.78, 5) is 2.62. The zero-order valence-electron chi connectivity index (χ0n) is 11.6. The average Bonchev–Trinajstić information content (AvgIpc) is 2.28. The predicted octanol–water partition coefficient (Wildman–Crippen LogP) is 2.00. The van der Waals surface area contributed by atoms with E-state index in [1.807, 2.05) is 0 Å². The minimum absolute atomic E-state index is 0.0910. The molecule has 2 N–H and O–H groups in total. The van der Waals surface area contributed by atoms with Crippen molar-refractivity contribution in [3.63, 3.8) is 0 Å². The van der Waals surface area contributed by atoms with Gasteiger partial charge in [-0.25, -0.2) is 0 Å². The van der Waals surface area contributed by atoms with Crippen LogP contribution in [0.25, 0.3) is 0 Å². The molecule has 17 heavy (non-hydrogen) atoms. The van der Waals surface area contributed by atoms with Crippen LogP contribution in [0.2, 0.25) is 0 Å². The highest BCUT2D eigenvalue weighted by Crippen LogP contribution is 2.32. The Morgan fingerprint density at radius 3 is 2.82 bits per heavy atom. The van der Waals surface area contributed by atoms with E-state index in [4.69, 9.17) is 10.5 Å². The van der Waals surface area contributed by atoms with Crippen molar-refractivity contribution < 1.29 is 4.74 Å². The Kier molecular flexibility index (Phi) is 4.11. The molecule has 2 fully saturated rings. The third kappa shape index (κ3) is 3.21. The van der Waals surface area contributed by atoms with Crippen LogP contribution in [0, 0.1) is 5.92 Å². The van der Waals surface area contributed by atoms with Gasteiger partial charge in [-0.3, -0.25) is 4.90 Å². The fourth-order valence-corrected chi connectivity index (χ4v) is 3.40.